The van der Waals surface area contributed by atoms with Gasteiger partial charge in [0, 0.05) is 11.1 Å². The van der Waals surface area contributed by atoms with Gasteiger partial charge in [0.1, 0.15) is 17.1 Å². The van der Waals surface area contributed by atoms with Crippen LogP contribution < -0.4 is 5.32 Å². The number of aromatic hydroxyl groups is 1. The highest BCUT2D eigenvalue weighted by atomic mass is 16.3. The number of nitrogens with zero attached hydrogens (tertiary/aromatic N) is 1. The number of anilines is 2. The molecule has 1 aromatic heterocycles. The van der Waals surface area contributed by atoms with Crippen molar-refractivity contribution in [2.24, 2.45) is 0 Å². The number of para-hydroxylation sites is 2. The largest absolute Gasteiger partial charge is 0.506 e. The van der Waals surface area contributed by atoms with Crippen molar-refractivity contribution in [2.75, 3.05) is 5.32 Å². The Morgan fingerprint density at radius 3 is 2.50 bits per heavy atom. The third-order valence-electron chi connectivity index (χ3n) is 2.75. The van der Waals surface area contributed by atoms with Gasteiger partial charge >= 0.3 is 0 Å². The first-order valence-corrected chi connectivity index (χ1v) is 5.74. The van der Waals surface area contributed by atoms with Gasteiger partial charge in [-0.3, -0.25) is 0 Å². The minimum absolute atomic E-state index is 0.198. The summed E-state index contributed by atoms with van der Waals surface area (Å²) >= 11 is 0. The maximum absolute atomic E-state index is 9.77. The zero-order valence-corrected chi connectivity index (χ0v) is 9.67. The van der Waals surface area contributed by atoms with Crippen LogP contribution in [0.4, 0.5) is 11.5 Å². The highest BCUT2D eigenvalue weighted by molar-refractivity contribution is 5.85. The smallest absolute Gasteiger partial charge is 0.141 e. The molecule has 88 valence electrons. The van der Waals surface area contributed by atoms with Crippen LogP contribution in [0.2, 0.25) is 0 Å². The Kier molecular flexibility index (Phi) is 2.57. The number of hydrogen-bond acceptors (Lipinski definition) is 3. The van der Waals surface area contributed by atoms with E-state index < -0.39 is 0 Å². The Balaban J connectivity index is 2.01. The highest BCUT2D eigenvalue weighted by Crippen LogP contribution is 2.24. The molecule has 0 saturated carbocycles. The molecule has 0 unspecified atom stereocenters. The summed E-state index contributed by atoms with van der Waals surface area (Å²) in [5.41, 5.74) is 1.58. The standard InChI is InChI=1S/C15H12N2O/c18-13-8-4-5-11-9-10-14(17-15(11)13)16-12-6-2-1-3-7-12/h1-10,18H,(H,16,17). The minimum Gasteiger partial charge on any atom is -0.506 e. The Morgan fingerprint density at radius 2 is 1.67 bits per heavy atom. The van der Waals surface area contributed by atoms with Crippen LogP contribution in [0.3, 0.4) is 0 Å². The summed E-state index contributed by atoms with van der Waals surface area (Å²) in [6.07, 6.45) is 0. The fourth-order valence-corrected chi connectivity index (χ4v) is 1.87. The van der Waals surface area contributed by atoms with Crippen LogP contribution in [0.15, 0.2) is 60.7 Å². The number of phenolic OH excluding ortho intramolecular Hbond substituents is 1. The van der Waals surface area contributed by atoms with Crippen molar-refractivity contribution < 1.29 is 5.11 Å². The van der Waals surface area contributed by atoms with Gasteiger partial charge < -0.3 is 10.4 Å². The van der Waals surface area contributed by atoms with Gasteiger partial charge in [-0.25, -0.2) is 4.98 Å². The maximum atomic E-state index is 9.77. The fraction of sp³-hybridized carbons (Fsp3) is 0. The van der Waals surface area contributed by atoms with Crippen LogP contribution in [-0.2, 0) is 0 Å². The molecule has 2 N–H and O–H groups in total. The van der Waals surface area contributed by atoms with Gasteiger partial charge in [-0.15, -0.1) is 0 Å². The average molecular weight is 236 g/mol. The molecule has 3 nitrogen and oxygen atoms in total. The fourth-order valence-electron chi connectivity index (χ4n) is 1.87. The van der Waals surface area contributed by atoms with Crippen LogP contribution in [0.5, 0.6) is 5.75 Å². The molecule has 0 fully saturated rings. The van der Waals surface area contributed by atoms with Crippen molar-refractivity contribution >= 4 is 22.4 Å². The van der Waals surface area contributed by atoms with E-state index >= 15 is 0 Å². The van der Waals surface area contributed by atoms with Gasteiger partial charge in [0.2, 0.25) is 0 Å². The number of aromatic nitrogens is 1. The lowest BCUT2D eigenvalue weighted by atomic mass is 10.2. The van der Waals surface area contributed by atoms with Crippen LogP contribution in [0, 0.1) is 0 Å². The molecular formula is C15H12N2O. The second-order valence-electron chi connectivity index (χ2n) is 4.04. The lowest BCUT2D eigenvalue weighted by Gasteiger charge is -2.07. The Bertz CT molecular complexity index is 680. The summed E-state index contributed by atoms with van der Waals surface area (Å²) in [5.74, 6) is 0.916. The summed E-state index contributed by atoms with van der Waals surface area (Å²) in [6, 6.07) is 19.0. The minimum atomic E-state index is 0.198. The molecule has 1 heterocycles. The quantitative estimate of drug-likeness (QED) is 0.713. The van der Waals surface area contributed by atoms with Crippen molar-refractivity contribution in [3.05, 3.63) is 60.7 Å². The van der Waals surface area contributed by atoms with Gasteiger partial charge in [0.15, 0.2) is 0 Å². The highest BCUT2D eigenvalue weighted by Gasteiger charge is 2.02. The first-order valence-electron chi connectivity index (χ1n) is 5.74. The number of phenols is 1. The summed E-state index contributed by atoms with van der Waals surface area (Å²) in [5, 5.41) is 13.9. The molecule has 18 heavy (non-hydrogen) atoms. The van der Waals surface area contributed by atoms with Crippen LogP contribution in [0.25, 0.3) is 10.9 Å². The lowest BCUT2D eigenvalue weighted by Crippen LogP contribution is -1.93. The molecule has 3 aromatic rings. The zero-order valence-electron chi connectivity index (χ0n) is 9.67. The summed E-state index contributed by atoms with van der Waals surface area (Å²) in [7, 11) is 0. The predicted octanol–water partition coefficient (Wildman–Crippen LogP) is 3.68. The topological polar surface area (TPSA) is 45.1 Å². The van der Waals surface area contributed by atoms with E-state index in [0.29, 0.717) is 5.52 Å². The number of benzene rings is 2. The van der Waals surface area contributed by atoms with Crippen molar-refractivity contribution in [1.29, 1.82) is 0 Å². The molecule has 2 aromatic carbocycles. The number of fused-ring (bicyclic) bond motifs is 1. The van der Waals surface area contributed by atoms with E-state index in [4.69, 9.17) is 0 Å². The predicted molar refractivity (Wildman–Crippen MR) is 73.1 cm³/mol. The molecule has 0 aliphatic carbocycles. The van der Waals surface area contributed by atoms with E-state index in [1.54, 1.807) is 6.07 Å². The van der Waals surface area contributed by atoms with Crippen molar-refractivity contribution in [1.82, 2.24) is 4.98 Å². The van der Waals surface area contributed by atoms with Crippen LogP contribution in [0.1, 0.15) is 0 Å². The van der Waals surface area contributed by atoms with E-state index in [9.17, 15) is 5.11 Å². The third-order valence-corrected chi connectivity index (χ3v) is 2.75. The molecule has 0 aliphatic rings. The van der Waals surface area contributed by atoms with E-state index in [0.717, 1.165) is 16.9 Å². The van der Waals surface area contributed by atoms with Crippen LogP contribution >= 0.6 is 0 Å². The van der Waals surface area contributed by atoms with E-state index in [1.807, 2.05) is 54.6 Å². The second-order valence-corrected chi connectivity index (χ2v) is 4.04. The summed E-state index contributed by atoms with van der Waals surface area (Å²) in [4.78, 5) is 4.41. The molecule has 0 amide bonds. The Labute approximate surface area is 105 Å². The molecule has 0 bridgehead atoms. The summed E-state index contributed by atoms with van der Waals surface area (Å²) in [6.45, 7) is 0. The van der Waals surface area contributed by atoms with Crippen molar-refractivity contribution in [3.8, 4) is 5.75 Å². The first kappa shape index (κ1) is 10.6. The number of nitrogens with one attached hydrogen (secondary N) is 1. The lowest BCUT2D eigenvalue weighted by molar-refractivity contribution is 0.480. The average Bonchev–Trinajstić information content (AvgIpc) is 2.41. The number of rotatable bonds is 2. The number of pyridine rings is 1. The van der Waals surface area contributed by atoms with E-state index in [2.05, 4.69) is 10.3 Å². The van der Waals surface area contributed by atoms with Gasteiger partial charge in [0.25, 0.3) is 0 Å². The van der Waals surface area contributed by atoms with Crippen molar-refractivity contribution in [3.63, 3.8) is 0 Å². The molecule has 3 heteroatoms. The summed E-state index contributed by atoms with van der Waals surface area (Å²) < 4.78 is 0. The molecule has 0 saturated heterocycles. The van der Waals surface area contributed by atoms with E-state index in [1.165, 1.54) is 0 Å². The monoisotopic (exact) mass is 236 g/mol. The first-order chi connectivity index (χ1) is 8.83. The molecule has 0 spiro atoms. The van der Waals surface area contributed by atoms with Gasteiger partial charge in [0.05, 0.1) is 0 Å². The van der Waals surface area contributed by atoms with Gasteiger partial charge in [-0.05, 0) is 30.3 Å². The molecule has 0 radical (unpaired) electrons. The Morgan fingerprint density at radius 1 is 0.833 bits per heavy atom. The normalized spacial score (nSPS) is 10.4. The van der Waals surface area contributed by atoms with Gasteiger partial charge in [-0.1, -0.05) is 30.3 Å². The van der Waals surface area contributed by atoms with E-state index in [-0.39, 0.29) is 5.75 Å². The SMILES string of the molecule is Oc1cccc2ccc(Nc3ccccc3)nc12. The molecule has 3 rings (SSSR count). The molecule has 0 aliphatic heterocycles. The molecule has 0 atom stereocenters. The zero-order chi connectivity index (χ0) is 12.4. The number of hydrogen-bond donors (Lipinski definition) is 2. The van der Waals surface area contributed by atoms with Crippen LogP contribution in [-0.4, -0.2) is 10.1 Å². The second kappa shape index (κ2) is 4.37. The maximum Gasteiger partial charge on any atom is 0.141 e. The van der Waals surface area contributed by atoms with Crippen molar-refractivity contribution in [2.45, 2.75) is 0 Å². The third kappa shape index (κ3) is 1.98. The van der Waals surface area contributed by atoms with Gasteiger partial charge in [-0.2, -0.15) is 0 Å². The Hall–Kier alpha value is -2.55. The molecular weight excluding hydrogens is 224 g/mol.